The van der Waals surface area contributed by atoms with E-state index in [-0.39, 0.29) is 0 Å². The van der Waals surface area contributed by atoms with E-state index in [1.807, 2.05) is 31.2 Å². The molecule has 7 nitrogen and oxygen atoms in total. The zero-order chi connectivity index (χ0) is 17.6. The summed E-state index contributed by atoms with van der Waals surface area (Å²) in [5.41, 5.74) is 0.890. The van der Waals surface area contributed by atoms with Gasteiger partial charge in [-0.05, 0) is 17.7 Å². The first-order valence-corrected chi connectivity index (χ1v) is 8.76. The van der Waals surface area contributed by atoms with Crippen LogP contribution in [0.3, 0.4) is 0 Å². The minimum atomic E-state index is -0.508. The van der Waals surface area contributed by atoms with Crippen LogP contribution in [0.2, 0.25) is 0 Å². The molecule has 0 saturated carbocycles. The van der Waals surface area contributed by atoms with Gasteiger partial charge in [0.15, 0.2) is 5.82 Å². The van der Waals surface area contributed by atoms with Crippen LogP contribution in [0.4, 0.5) is 0 Å². The summed E-state index contributed by atoms with van der Waals surface area (Å²) in [7, 11) is 1.64. The van der Waals surface area contributed by atoms with Gasteiger partial charge >= 0.3 is 0 Å². The SMILES string of the molecule is CCc1nc(CN2CCN(CC(O)c3cccc(OC)c3)CC2)no1. The highest BCUT2D eigenvalue weighted by Crippen LogP contribution is 2.20. The van der Waals surface area contributed by atoms with Crippen molar-refractivity contribution in [2.75, 3.05) is 39.8 Å². The summed E-state index contributed by atoms with van der Waals surface area (Å²) in [4.78, 5) is 8.97. The Bertz CT molecular complexity index is 668. The molecule has 1 unspecified atom stereocenters. The summed E-state index contributed by atoms with van der Waals surface area (Å²) >= 11 is 0. The molecular weight excluding hydrogens is 320 g/mol. The molecule has 3 rings (SSSR count). The van der Waals surface area contributed by atoms with Crippen molar-refractivity contribution in [1.82, 2.24) is 19.9 Å². The number of aromatic nitrogens is 2. The van der Waals surface area contributed by atoms with E-state index in [1.165, 1.54) is 0 Å². The van der Waals surface area contributed by atoms with Crippen LogP contribution >= 0.6 is 0 Å². The number of rotatable bonds is 7. The molecule has 0 bridgehead atoms. The Kier molecular flexibility index (Phi) is 6.01. The van der Waals surface area contributed by atoms with E-state index in [2.05, 4.69) is 19.9 Å². The highest BCUT2D eigenvalue weighted by molar-refractivity contribution is 5.29. The third-order valence-electron chi connectivity index (χ3n) is 4.55. The molecule has 2 aromatic rings. The molecule has 0 spiro atoms. The van der Waals surface area contributed by atoms with Crippen molar-refractivity contribution >= 4 is 0 Å². The first-order valence-electron chi connectivity index (χ1n) is 8.76. The summed E-state index contributed by atoms with van der Waals surface area (Å²) in [6, 6.07) is 7.62. The first kappa shape index (κ1) is 17.8. The fourth-order valence-corrected chi connectivity index (χ4v) is 3.03. The van der Waals surface area contributed by atoms with Crippen LogP contribution < -0.4 is 4.74 Å². The van der Waals surface area contributed by atoms with E-state index in [0.29, 0.717) is 12.4 Å². The molecule has 1 fully saturated rings. The van der Waals surface area contributed by atoms with Crippen molar-refractivity contribution in [3.05, 3.63) is 41.5 Å². The molecule has 1 N–H and O–H groups in total. The highest BCUT2D eigenvalue weighted by Gasteiger charge is 2.21. The lowest BCUT2D eigenvalue weighted by molar-refractivity contribution is 0.0689. The second kappa shape index (κ2) is 8.42. The van der Waals surface area contributed by atoms with Crippen LogP contribution in [0.1, 0.15) is 30.3 Å². The van der Waals surface area contributed by atoms with Gasteiger partial charge in [0.05, 0.1) is 19.8 Å². The Morgan fingerprint density at radius 1 is 1.24 bits per heavy atom. The molecule has 1 aromatic heterocycles. The number of piperazine rings is 1. The zero-order valence-corrected chi connectivity index (χ0v) is 14.9. The van der Waals surface area contributed by atoms with Crippen molar-refractivity contribution in [2.45, 2.75) is 26.0 Å². The molecule has 136 valence electrons. The predicted octanol–water partition coefficient (Wildman–Crippen LogP) is 1.49. The molecule has 1 saturated heterocycles. The molecule has 7 heteroatoms. The second-order valence-corrected chi connectivity index (χ2v) is 6.33. The molecule has 25 heavy (non-hydrogen) atoms. The maximum atomic E-state index is 10.5. The van der Waals surface area contributed by atoms with Crippen LogP contribution in [0.5, 0.6) is 5.75 Å². The van der Waals surface area contributed by atoms with Crippen molar-refractivity contribution in [2.24, 2.45) is 0 Å². The van der Waals surface area contributed by atoms with E-state index in [4.69, 9.17) is 9.26 Å². The number of nitrogens with zero attached hydrogens (tertiary/aromatic N) is 4. The minimum absolute atomic E-state index is 0.508. The quantitative estimate of drug-likeness (QED) is 0.814. The van der Waals surface area contributed by atoms with Gasteiger partial charge in [0.1, 0.15) is 5.75 Å². The number of aliphatic hydroxyl groups excluding tert-OH is 1. The number of hydrogen-bond acceptors (Lipinski definition) is 7. The van der Waals surface area contributed by atoms with Gasteiger partial charge in [-0.15, -0.1) is 0 Å². The zero-order valence-electron chi connectivity index (χ0n) is 14.9. The monoisotopic (exact) mass is 346 g/mol. The van der Waals surface area contributed by atoms with Crippen molar-refractivity contribution < 1.29 is 14.4 Å². The molecule has 2 heterocycles. The number of hydrogen-bond donors (Lipinski definition) is 1. The van der Waals surface area contributed by atoms with E-state index in [0.717, 1.165) is 56.3 Å². The molecule has 1 aliphatic rings. The average Bonchev–Trinajstić information content (AvgIpc) is 3.11. The van der Waals surface area contributed by atoms with Crippen LogP contribution in [0, 0.1) is 0 Å². The molecule has 0 radical (unpaired) electrons. The fourth-order valence-electron chi connectivity index (χ4n) is 3.03. The lowest BCUT2D eigenvalue weighted by Crippen LogP contribution is -2.47. The van der Waals surface area contributed by atoms with Gasteiger partial charge in [0.2, 0.25) is 5.89 Å². The van der Waals surface area contributed by atoms with Crippen molar-refractivity contribution in [1.29, 1.82) is 0 Å². The van der Waals surface area contributed by atoms with Crippen molar-refractivity contribution in [3.63, 3.8) is 0 Å². The topological polar surface area (TPSA) is 74.9 Å². The van der Waals surface area contributed by atoms with Crippen LogP contribution in [-0.4, -0.2) is 64.9 Å². The van der Waals surface area contributed by atoms with E-state index in [1.54, 1.807) is 7.11 Å². The summed E-state index contributed by atoms with van der Waals surface area (Å²) in [5, 5.41) is 14.5. The van der Waals surface area contributed by atoms with E-state index >= 15 is 0 Å². The number of aliphatic hydroxyl groups is 1. The number of benzene rings is 1. The van der Waals surface area contributed by atoms with Gasteiger partial charge < -0.3 is 14.4 Å². The van der Waals surface area contributed by atoms with Gasteiger partial charge in [0.25, 0.3) is 0 Å². The number of β-amino-alcohol motifs (C(OH)–C–C–N with tert-alkyl or cyclic N) is 1. The Morgan fingerprint density at radius 2 is 2.00 bits per heavy atom. The summed E-state index contributed by atoms with van der Waals surface area (Å²) in [6.07, 6.45) is 0.258. The van der Waals surface area contributed by atoms with Crippen LogP contribution in [-0.2, 0) is 13.0 Å². The largest absolute Gasteiger partial charge is 0.497 e. The van der Waals surface area contributed by atoms with Gasteiger partial charge in [-0.25, -0.2) is 0 Å². The summed E-state index contributed by atoms with van der Waals surface area (Å²) in [5.74, 6) is 2.21. The second-order valence-electron chi connectivity index (χ2n) is 6.33. The highest BCUT2D eigenvalue weighted by atomic mass is 16.5. The average molecular weight is 346 g/mol. The maximum Gasteiger partial charge on any atom is 0.226 e. The van der Waals surface area contributed by atoms with E-state index < -0.39 is 6.10 Å². The third kappa shape index (κ3) is 4.78. The van der Waals surface area contributed by atoms with Gasteiger partial charge in [0, 0.05) is 39.1 Å². The van der Waals surface area contributed by atoms with E-state index in [9.17, 15) is 5.11 Å². The smallest absolute Gasteiger partial charge is 0.226 e. The molecule has 1 aromatic carbocycles. The number of methoxy groups -OCH3 is 1. The predicted molar refractivity (Wildman–Crippen MR) is 93.3 cm³/mol. The molecule has 0 aliphatic carbocycles. The van der Waals surface area contributed by atoms with Gasteiger partial charge in [-0.2, -0.15) is 4.98 Å². The summed E-state index contributed by atoms with van der Waals surface area (Å²) < 4.78 is 10.4. The molecular formula is C18H26N4O3. The number of aryl methyl sites for hydroxylation is 1. The standard InChI is InChI=1S/C18H26N4O3/c1-3-18-19-17(20-25-18)13-22-9-7-21(8-10-22)12-16(23)14-5-4-6-15(11-14)24-2/h4-6,11,16,23H,3,7-10,12-13H2,1-2H3. The molecule has 1 atom stereocenters. The molecule has 1 aliphatic heterocycles. The van der Waals surface area contributed by atoms with Crippen LogP contribution in [0.15, 0.2) is 28.8 Å². The van der Waals surface area contributed by atoms with Crippen molar-refractivity contribution in [3.8, 4) is 5.75 Å². The first-order chi connectivity index (χ1) is 12.2. The lowest BCUT2D eigenvalue weighted by atomic mass is 10.1. The minimum Gasteiger partial charge on any atom is -0.497 e. The Morgan fingerprint density at radius 3 is 2.68 bits per heavy atom. The molecule has 0 amide bonds. The third-order valence-corrected chi connectivity index (χ3v) is 4.55. The van der Waals surface area contributed by atoms with Crippen LogP contribution in [0.25, 0.3) is 0 Å². The Balaban J connectivity index is 1.47. The summed E-state index contributed by atoms with van der Waals surface area (Å²) in [6.45, 7) is 7.05. The Labute approximate surface area is 148 Å². The fraction of sp³-hybridized carbons (Fsp3) is 0.556. The maximum absolute atomic E-state index is 10.5. The normalized spacial score (nSPS) is 17.6. The Hall–Kier alpha value is -1.96. The number of ether oxygens (including phenoxy) is 1. The van der Waals surface area contributed by atoms with Gasteiger partial charge in [-0.1, -0.05) is 24.2 Å². The van der Waals surface area contributed by atoms with Gasteiger partial charge in [-0.3, -0.25) is 9.80 Å². The lowest BCUT2D eigenvalue weighted by Gasteiger charge is -2.35.